The van der Waals surface area contributed by atoms with Gasteiger partial charge in [-0.25, -0.2) is 4.79 Å². The number of benzene rings is 1. The van der Waals surface area contributed by atoms with Crippen molar-refractivity contribution in [3.8, 4) is 5.75 Å². The van der Waals surface area contributed by atoms with Gasteiger partial charge in [-0.3, -0.25) is 0 Å². The van der Waals surface area contributed by atoms with Crippen molar-refractivity contribution < 1.29 is 14.6 Å². The van der Waals surface area contributed by atoms with Crippen LogP contribution in [0.2, 0.25) is 0 Å². The standard InChI is InChI=1S/C17H22N2O3S/c1-2-3-9-22-15-6-4-14(5-7-15)19-17(21)18-11-16(20)13-8-10-23-12-13/h4-8,10,12,16,20H,2-3,9,11H2,1H3,(H2,18,19,21). The van der Waals surface area contributed by atoms with Crippen LogP contribution < -0.4 is 15.4 Å². The van der Waals surface area contributed by atoms with Crippen LogP contribution in [0.5, 0.6) is 5.75 Å². The van der Waals surface area contributed by atoms with Gasteiger partial charge >= 0.3 is 6.03 Å². The SMILES string of the molecule is CCCCOc1ccc(NC(=O)NCC(O)c2ccsc2)cc1. The lowest BCUT2D eigenvalue weighted by molar-refractivity contribution is 0.175. The van der Waals surface area contributed by atoms with Crippen molar-refractivity contribution in [1.82, 2.24) is 5.32 Å². The molecule has 2 aromatic rings. The Morgan fingerprint density at radius 3 is 2.74 bits per heavy atom. The predicted molar refractivity (Wildman–Crippen MR) is 93.1 cm³/mol. The fourth-order valence-electron chi connectivity index (χ4n) is 1.92. The number of aliphatic hydroxyl groups is 1. The number of hydrogen-bond donors (Lipinski definition) is 3. The second-order valence-electron chi connectivity index (χ2n) is 5.13. The molecule has 1 aromatic heterocycles. The van der Waals surface area contributed by atoms with Gasteiger partial charge in [0.05, 0.1) is 12.7 Å². The number of carbonyl (C=O) groups is 1. The van der Waals surface area contributed by atoms with Gasteiger partial charge in [0, 0.05) is 12.2 Å². The Kier molecular flexibility index (Phi) is 6.90. The van der Waals surface area contributed by atoms with E-state index in [0.29, 0.717) is 12.3 Å². The minimum atomic E-state index is -0.693. The van der Waals surface area contributed by atoms with Crippen molar-refractivity contribution in [2.75, 3.05) is 18.5 Å². The summed E-state index contributed by atoms with van der Waals surface area (Å²) in [6.07, 6.45) is 1.42. The van der Waals surface area contributed by atoms with Crippen LogP contribution >= 0.6 is 11.3 Å². The number of urea groups is 1. The van der Waals surface area contributed by atoms with Crippen LogP contribution in [0.1, 0.15) is 31.4 Å². The van der Waals surface area contributed by atoms with Crippen molar-refractivity contribution in [2.24, 2.45) is 0 Å². The third-order valence-electron chi connectivity index (χ3n) is 3.26. The summed E-state index contributed by atoms with van der Waals surface area (Å²) in [5, 5.41) is 19.0. The predicted octanol–water partition coefficient (Wildman–Crippen LogP) is 3.78. The molecule has 3 N–H and O–H groups in total. The van der Waals surface area contributed by atoms with E-state index >= 15 is 0 Å². The van der Waals surface area contributed by atoms with E-state index in [1.54, 1.807) is 12.1 Å². The Bertz CT molecular complexity index is 584. The maximum absolute atomic E-state index is 11.8. The van der Waals surface area contributed by atoms with E-state index in [9.17, 15) is 9.90 Å². The molecule has 0 saturated heterocycles. The van der Waals surface area contributed by atoms with Crippen LogP contribution in [0, 0.1) is 0 Å². The number of anilines is 1. The van der Waals surface area contributed by atoms with Crippen LogP contribution in [0.15, 0.2) is 41.1 Å². The lowest BCUT2D eigenvalue weighted by Gasteiger charge is -2.12. The van der Waals surface area contributed by atoms with Crippen LogP contribution in [-0.4, -0.2) is 24.3 Å². The molecule has 2 rings (SSSR count). The number of aliphatic hydroxyl groups excluding tert-OH is 1. The van der Waals surface area contributed by atoms with E-state index in [2.05, 4.69) is 17.6 Å². The summed E-state index contributed by atoms with van der Waals surface area (Å²) in [7, 11) is 0. The van der Waals surface area contributed by atoms with E-state index < -0.39 is 6.10 Å². The van der Waals surface area contributed by atoms with E-state index in [-0.39, 0.29) is 12.6 Å². The third-order valence-corrected chi connectivity index (χ3v) is 3.96. The molecular formula is C17H22N2O3S. The van der Waals surface area contributed by atoms with Crippen LogP contribution in [0.3, 0.4) is 0 Å². The molecule has 1 atom stereocenters. The highest BCUT2D eigenvalue weighted by atomic mass is 32.1. The monoisotopic (exact) mass is 334 g/mol. The molecule has 5 nitrogen and oxygen atoms in total. The first-order valence-electron chi connectivity index (χ1n) is 7.67. The number of hydrogen-bond acceptors (Lipinski definition) is 4. The first-order valence-corrected chi connectivity index (χ1v) is 8.61. The summed E-state index contributed by atoms with van der Waals surface area (Å²) in [5.74, 6) is 0.789. The Morgan fingerprint density at radius 1 is 1.30 bits per heavy atom. The molecule has 2 amide bonds. The van der Waals surface area contributed by atoms with E-state index in [1.807, 2.05) is 29.0 Å². The zero-order valence-electron chi connectivity index (χ0n) is 13.1. The fraction of sp³-hybridized carbons (Fsp3) is 0.353. The normalized spacial score (nSPS) is 11.7. The molecule has 1 heterocycles. The molecule has 1 unspecified atom stereocenters. The van der Waals surface area contributed by atoms with E-state index in [1.165, 1.54) is 11.3 Å². The quantitative estimate of drug-likeness (QED) is 0.643. The van der Waals surface area contributed by atoms with Crippen LogP contribution in [0.25, 0.3) is 0 Å². The van der Waals surface area contributed by atoms with Crippen molar-refractivity contribution in [3.05, 3.63) is 46.7 Å². The second-order valence-corrected chi connectivity index (χ2v) is 5.91. The molecule has 0 saturated carbocycles. The van der Waals surface area contributed by atoms with Gasteiger partial charge in [-0.15, -0.1) is 0 Å². The zero-order chi connectivity index (χ0) is 16.5. The minimum absolute atomic E-state index is 0.167. The number of ether oxygens (including phenoxy) is 1. The Balaban J connectivity index is 1.74. The third kappa shape index (κ3) is 5.92. The molecule has 0 fully saturated rings. The molecule has 0 radical (unpaired) electrons. The number of unbranched alkanes of at least 4 members (excludes halogenated alkanes) is 1. The van der Waals surface area contributed by atoms with Gasteiger partial charge in [-0.05, 0) is 53.1 Å². The number of amides is 2. The molecule has 0 aliphatic heterocycles. The Labute approximate surface area is 140 Å². The Hall–Kier alpha value is -2.05. The van der Waals surface area contributed by atoms with Gasteiger partial charge in [0.15, 0.2) is 0 Å². The number of nitrogens with one attached hydrogen (secondary N) is 2. The molecule has 0 spiro atoms. The molecule has 0 bridgehead atoms. The second kappa shape index (κ2) is 9.17. The molecule has 0 aliphatic rings. The Morgan fingerprint density at radius 2 is 2.09 bits per heavy atom. The van der Waals surface area contributed by atoms with Crippen molar-refractivity contribution in [1.29, 1.82) is 0 Å². The molecular weight excluding hydrogens is 312 g/mol. The van der Waals surface area contributed by atoms with E-state index in [0.717, 1.165) is 24.2 Å². The van der Waals surface area contributed by atoms with Crippen molar-refractivity contribution in [3.63, 3.8) is 0 Å². The topological polar surface area (TPSA) is 70.6 Å². The summed E-state index contributed by atoms with van der Waals surface area (Å²) < 4.78 is 5.57. The first-order chi connectivity index (χ1) is 11.2. The maximum atomic E-state index is 11.8. The number of rotatable bonds is 8. The van der Waals surface area contributed by atoms with Gasteiger partial charge < -0.3 is 20.5 Å². The average molecular weight is 334 g/mol. The summed E-state index contributed by atoms with van der Waals surface area (Å²) >= 11 is 1.51. The largest absolute Gasteiger partial charge is 0.494 e. The fourth-order valence-corrected chi connectivity index (χ4v) is 2.62. The molecule has 124 valence electrons. The van der Waals surface area contributed by atoms with Gasteiger partial charge in [0.1, 0.15) is 5.75 Å². The van der Waals surface area contributed by atoms with Gasteiger partial charge in [-0.1, -0.05) is 13.3 Å². The first kappa shape index (κ1) is 17.3. The maximum Gasteiger partial charge on any atom is 0.319 e. The van der Waals surface area contributed by atoms with E-state index in [4.69, 9.17) is 4.74 Å². The highest BCUT2D eigenvalue weighted by Gasteiger charge is 2.09. The van der Waals surface area contributed by atoms with Gasteiger partial charge in [0.2, 0.25) is 0 Å². The van der Waals surface area contributed by atoms with Crippen molar-refractivity contribution >= 4 is 23.1 Å². The summed E-state index contributed by atoms with van der Waals surface area (Å²) in [6.45, 7) is 2.98. The van der Waals surface area contributed by atoms with Crippen LogP contribution in [0.4, 0.5) is 10.5 Å². The highest BCUT2D eigenvalue weighted by Crippen LogP contribution is 2.17. The van der Waals surface area contributed by atoms with Crippen molar-refractivity contribution in [2.45, 2.75) is 25.9 Å². The number of carbonyl (C=O) groups excluding carboxylic acids is 1. The summed E-state index contributed by atoms with van der Waals surface area (Å²) in [6, 6.07) is 8.72. The summed E-state index contributed by atoms with van der Waals surface area (Å²) in [4.78, 5) is 11.8. The minimum Gasteiger partial charge on any atom is -0.494 e. The smallest absolute Gasteiger partial charge is 0.319 e. The zero-order valence-corrected chi connectivity index (χ0v) is 13.9. The number of thiophene rings is 1. The van der Waals surface area contributed by atoms with Gasteiger partial charge in [0.25, 0.3) is 0 Å². The molecule has 23 heavy (non-hydrogen) atoms. The lowest BCUT2D eigenvalue weighted by Crippen LogP contribution is -2.32. The summed E-state index contributed by atoms with van der Waals surface area (Å²) in [5.41, 5.74) is 1.49. The van der Waals surface area contributed by atoms with Crippen LogP contribution in [-0.2, 0) is 0 Å². The molecule has 6 heteroatoms. The highest BCUT2D eigenvalue weighted by molar-refractivity contribution is 7.07. The molecule has 1 aromatic carbocycles. The van der Waals surface area contributed by atoms with Gasteiger partial charge in [-0.2, -0.15) is 11.3 Å². The lowest BCUT2D eigenvalue weighted by atomic mass is 10.2. The molecule has 0 aliphatic carbocycles. The average Bonchev–Trinajstić information content (AvgIpc) is 3.09.